The first-order valence-electron chi connectivity index (χ1n) is 9.14. The second kappa shape index (κ2) is 8.44. The maximum absolute atomic E-state index is 12.3. The van der Waals surface area contributed by atoms with Gasteiger partial charge in [0.2, 0.25) is 5.16 Å². The molecule has 0 radical (unpaired) electrons. The van der Waals surface area contributed by atoms with Crippen molar-refractivity contribution in [2.24, 2.45) is 0 Å². The Balaban J connectivity index is 1.64. The Morgan fingerprint density at radius 1 is 1.21 bits per heavy atom. The van der Waals surface area contributed by atoms with Gasteiger partial charge in [0.1, 0.15) is 0 Å². The van der Waals surface area contributed by atoms with Crippen LogP contribution in [-0.4, -0.2) is 74.5 Å². The van der Waals surface area contributed by atoms with Crippen LogP contribution < -0.4 is 0 Å². The second-order valence-electron chi connectivity index (χ2n) is 6.96. The molecule has 2 aromatic heterocycles. The monoisotopic (exact) mass is 407 g/mol. The van der Waals surface area contributed by atoms with Crippen molar-refractivity contribution in [3.8, 4) is 0 Å². The van der Waals surface area contributed by atoms with Crippen LogP contribution >= 0.6 is 11.8 Å². The molecular formula is C18H25N5O4S. The van der Waals surface area contributed by atoms with Gasteiger partial charge >= 0.3 is 5.97 Å². The van der Waals surface area contributed by atoms with Crippen molar-refractivity contribution in [3.05, 3.63) is 17.0 Å². The Labute approximate surface area is 167 Å². The Hall–Kier alpha value is -2.20. The second-order valence-corrected chi connectivity index (χ2v) is 7.74. The summed E-state index contributed by atoms with van der Waals surface area (Å²) in [6.45, 7) is 8.27. The van der Waals surface area contributed by atoms with E-state index in [2.05, 4.69) is 15.1 Å². The number of esters is 1. The molecule has 10 heteroatoms. The molecule has 1 saturated heterocycles. The van der Waals surface area contributed by atoms with Gasteiger partial charge in [-0.05, 0) is 34.0 Å². The first-order chi connectivity index (χ1) is 13.3. The molecule has 1 aliphatic heterocycles. The van der Waals surface area contributed by atoms with Gasteiger partial charge in [0, 0.05) is 30.0 Å². The molecule has 0 saturated carbocycles. The first kappa shape index (κ1) is 20.5. The molecule has 152 valence electrons. The number of nitrogens with zero attached hydrogens (tertiary/aromatic N) is 5. The van der Waals surface area contributed by atoms with Crippen LogP contribution in [0, 0.1) is 13.8 Å². The highest BCUT2D eigenvalue weighted by Crippen LogP contribution is 2.17. The summed E-state index contributed by atoms with van der Waals surface area (Å²) in [5, 5.41) is 4.99. The third kappa shape index (κ3) is 4.44. The van der Waals surface area contributed by atoms with Gasteiger partial charge in [-0.3, -0.25) is 9.59 Å². The third-order valence-electron chi connectivity index (χ3n) is 4.66. The lowest BCUT2D eigenvalue weighted by molar-refractivity contribution is -0.156. The van der Waals surface area contributed by atoms with Gasteiger partial charge < -0.3 is 14.4 Å². The molecule has 3 heterocycles. The lowest BCUT2D eigenvalue weighted by Gasteiger charge is -2.35. The summed E-state index contributed by atoms with van der Waals surface area (Å²) in [6.07, 6.45) is 1.86. The van der Waals surface area contributed by atoms with E-state index in [1.54, 1.807) is 9.42 Å². The standard InChI is InChI=1S/C18H25N5O4S/c1-10-7-22(8-11(2)27-10)15(24)9-26-16(25)6-14-12(3)19-17-20-18(28-5)21-23(17)13(14)4/h10-11H,6-9H2,1-5H3/t10-,11+. The highest BCUT2D eigenvalue weighted by Gasteiger charge is 2.26. The molecule has 0 N–H and O–H groups in total. The van der Waals surface area contributed by atoms with Crippen LogP contribution in [0.5, 0.6) is 0 Å². The molecule has 28 heavy (non-hydrogen) atoms. The van der Waals surface area contributed by atoms with Crippen molar-refractivity contribution in [1.29, 1.82) is 0 Å². The van der Waals surface area contributed by atoms with E-state index in [4.69, 9.17) is 9.47 Å². The molecule has 0 unspecified atom stereocenters. The van der Waals surface area contributed by atoms with E-state index >= 15 is 0 Å². The van der Waals surface area contributed by atoms with Crippen LogP contribution in [0.1, 0.15) is 30.8 Å². The topological polar surface area (TPSA) is 98.9 Å². The van der Waals surface area contributed by atoms with Crippen molar-refractivity contribution in [2.45, 2.75) is 51.5 Å². The number of fused-ring (bicyclic) bond motifs is 1. The van der Waals surface area contributed by atoms with Gasteiger partial charge in [-0.2, -0.15) is 4.98 Å². The maximum Gasteiger partial charge on any atom is 0.310 e. The molecule has 0 bridgehead atoms. The number of carbonyl (C=O) groups excluding carboxylic acids is 2. The Morgan fingerprint density at radius 2 is 1.89 bits per heavy atom. The summed E-state index contributed by atoms with van der Waals surface area (Å²) in [6, 6.07) is 0. The fourth-order valence-electron chi connectivity index (χ4n) is 3.34. The average Bonchev–Trinajstić information content (AvgIpc) is 3.05. The number of morpholine rings is 1. The molecule has 9 nitrogen and oxygen atoms in total. The predicted octanol–water partition coefficient (Wildman–Crippen LogP) is 1.18. The molecule has 3 rings (SSSR count). The Kier molecular flexibility index (Phi) is 6.19. The predicted molar refractivity (Wildman–Crippen MR) is 103 cm³/mol. The van der Waals surface area contributed by atoms with Crippen LogP contribution in [0.3, 0.4) is 0 Å². The van der Waals surface area contributed by atoms with Crippen molar-refractivity contribution in [1.82, 2.24) is 24.5 Å². The average molecular weight is 407 g/mol. The molecular weight excluding hydrogens is 382 g/mol. The smallest absolute Gasteiger partial charge is 0.310 e. The highest BCUT2D eigenvalue weighted by molar-refractivity contribution is 7.98. The lowest BCUT2D eigenvalue weighted by atomic mass is 10.1. The van der Waals surface area contributed by atoms with Gasteiger partial charge in [-0.25, -0.2) is 9.50 Å². The summed E-state index contributed by atoms with van der Waals surface area (Å²) >= 11 is 1.43. The Bertz CT molecular complexity index is 890. The molecule has 1 fully saturated rings. The van der Waals surface area contributed by atoms with Crippen LogP contribution in [0.15, 0.2) is 5.16 Å². The summed E-state index contributed by atoms with van der Waals surface area (Å²) < 4.78 is 12.5. The van der Waals surface area contributed by atoms with Crippen molar-refractivity contribution >= 4 is 29.4 Å². The van der Waals surface area contributed by atoms with E-state index < -0.39 is 5.97 Å². The molecule has 2 atom stereocenters. The van der Waals surface area contributed by atoms with Gasteiger partial charge in [-0.15, -0.1) is 5.10 Å². The molecule has 1 amide bonds. The van der Waals surface area contributed by atoms with Gasteiger partial charge in [0.05, 0.1) is 18.6 Å². The van der Waals surface area contributed by atoms with E-state index in [1.807, 2.05) is 34.0 Å². The zero-order valence-corrected chi connectivity index (χ0v) is 17.6. The van der Waals surface area contributed by atoms with Crippen LogP contribution in [-0.2, 0) is 25.5 Å². The van der Waals surface area contributed by atoms with E-state index in [-0.39, 0.29) is 31.1 Å². The lowest BCUT2D eigenvalue weighted by Crippen LogP contribution is -2.49. The van der Waals surface area contributed by atoms with Crippen LogP contribution in [0.25, 0.3) is 5.78 Å². The number of aryl methyl sites for hydroxylation is 2. The number of thioether (sulfide) groups is 1. The number of hydrogen-bond donors (Lipinski definition) is 0. The molecule has 0 aromatic carbocycles. The number of amides is 1. The van der Waals surface area contributed by atoms with Crippen LogP contribution in [0.4, 0.5) is 0 Å². The maximum atomic E-state index is 12.3. The normalized spacial score (nSPS) is 19.8. The molecule has 1 aliphatic rings. The Morgan fingerprint density at radius 3 is 2.54 bits per heavy atom. The van der Waals surface area contributed by atoms with Gasteiger partial charge in [0.15, 0.2) is 6.61 Å². The zero-order chi connectivity index (χ0) is 20.4. The van der Waals surface area contributed by atoms with E-state index in [0.29, 0.717) is 29.7 Å². The fourth-order valence-corrected chi connectivity index (χ4v) is 3.68. The minimum atomic E-state index is -0.472. The minimum absolute atomic E-state index is 0.0261. The molecule has 0 aliphatic carbocycles. The summed E-state index contributed by atoms with van der Waals surface area (Å²) in [4.78, 5) is 35.1. The van der Waals surface area contributed by atoms with Gasteiger partial charge in [0.25, 0.3) is 11.7 Å². The number of carbonyl (C=O) groups is 2. The number of hydrogen-bond acceptors (Lipinski definition) is 8. The number of aromatic nitrogens is 4. The first-order valence-corrected chi connectivity index (χ1v) is 10.4. The molecule has 0 spiro atoms. The summed E-state index contributed by atoms with van der Waals surface area (Å²) in [5.41, 5.74) is 2.22. The summed E-state index contributed by atoms with van der Waals surface area (Å²) in [7, 11) is 0. The quantitative estimate of drug-likeness (QED) is 0.538. The number of rotatable bonds is 5. The van der Waals surface area contributed by atoms with Crippen molar-refractivity contribution in [3.63, 3.8) is 0 Å². The third-order valence-corrected chi connectivity index (χ3v) is 5.20. The number of ether oxygens (including phenoxy) is 2. The van der Waals surface area contributed by atoms with E-state index in [9.17, 15) is 9.59 Å². The van der Waals surface area contributed by atoms with Crippen LogP contribution in [0.2, 0.25) is 0 Å². The van der Waals surface area contributed by atoms with E-state index in [0.717, 1.165) is 11.3 Å². The largest absolute Gasteiger partial charge is 0.455 e. The highest BCUT2D eigenvalue weighted by atomic mass is 32.2. The van der Waals surface area contributed by atoms with Crippen molar-refractivity contribution < 1.29 is 19.1 Å². The van der Waals surface area contributed by atoms with E-state index in [1.165, 1.54) is 11.8 Å². The SMILES string of the molecule is CSc1nc2nc(C)c(CC(=O)OCC(=O)N3C[C@@H](C)O[C@@H](C)C3)c(C)n2n1. The van der Waals surface area contributed by atoms with Crippen molar-refractivity contribution in [2.75, 3.05) is 26.0 Å². The zero-order valence-electron chi connectivity index (χ0n) is 16.8. The minimum Gasteiger partial charge on any atom is -0.455 e. The molecule has 2 aromatic rings. The summed E-state index contributed by atoms with van der Waals surface area (Å²) in [5.74, 6) is -0.180. The van der Waals surface area contributed by atoms with Gasteiger partial charge in [-0.1, -0.05) is 11.8 Å². The fraction of sp³-hybridized carbons (Fsp3) is 0.611.